The number of carbonyl (C=O) groups is 1. The molecule has 9 nitrogen and oxygen atoms in total. The number of benzene rings is 2. The fraction of sp³-hybridized carbons (Fsp3) is 0.217. The Hall–Kier alpha value is -3.40. The van der Waals surface area contributed by atoms with Gasteiger partial charge in [0.2, 0.25) is 15.0 Å². The molecule has 0 saturated carbocycles. The van der Waals surface area contributed by atoms with E-state index in [2.05, 4.69) is 14.7 Å². The Morgan fingerprint density at radius 1 is 1.20 bits per heavy atom. The SMILES string of the molecule is CCOc1cc(/C=C(/C#N)C(=O)Nc2nc(S(C)(=O)=O)ns2)ccc1OCCSc1ccccc1. The second-order valence-corrected chi connectivity index (χ2v) is 10.8. The number of nitrogens with one attached hydrogen (secondary N) is 1. The third kappa shape index (κ3) is 7.81. The van der Waals surface area contributed by atoms with Gasteiger partial charge in [-0.2, -0.15) is 14.6 Å². The number of ether oxygens (including phenoxy) is 2. The Bertz CT molecular complexity index is 1350. The molecular weight excluding hydrogens is 508 g/mol. The monoisotopic (exact) mass is 530 g/mol. The fourth-order valence-corrected chi connectivity index (χ4v) is 4.91. The number of nitriles is 1. The minimum atomic E-state index is -3.60. The van der Waals surface area contributed by atoms with Gasteiger partial charge in [-0.1, -0.05) is 24.3 Å². The van der Waals surface area contributed by atoms with Crippen LogP contribution in [0, 0.1) is 11.3 Å². The van der Waals surface area contributed by atoms with E-state index in [1.165, 1.54) is 6.08 Å². The average Bonchev–Trinajstić information content (AvgIpc) is 3.31. The van der Waals surface area contributed by atoms with Crippen LogP contribution in [-0.4, -0.2) is 48.9 Å². The molecule has 3 aromatic rings. The Kier molecular flexibility index (Phi) is 9.25. The van der Waals surface area contributed by atoms with Crippen LogP contribution in [0.4, 0.5) is 5.13 Å². The number of rotatable bonds is 11. The minimum absolute atomic E-state index is 0.0244. The molecule has 0 aliphatic rings. The first-order valence-electron chi connectivity index (χ1n) is 10.3. The first-order chi connectivity index (χ1) is 16.8. The van der Waals surface area contributed by atoms with Crippen molar-refractivity contribution >= 4 is 50.2 Å². The van der Waals surface area contributed by atoms with Gasteiger partial charge < -0.3 is 9.47 Å². The minimum Gasteiger partial charge on any atom is -0.490 e. The van der Waals surface area contributed by atoms with Crippen molar-refractivity contribution in [3.05, 3.63) is 59.7 Å². The summed E-state index contributed by atoms with van der Waals surface area (Å²) in [7, 11) is -3.60. The molecule has 182 valence electrons. The predicted molar refractivity (Wildman–Crippen MR) is 136 cm³/mol. The molecule has 0 unspecified atom stereocenters. The smallest absolute Gasteiger partial charge is 0.268 e. The molecule has 1 amide bonds. The number of carbonyl (C=O) groups excluding carboxylic acids is 1. The Balaban J connectivity index is 1.68. The van der Waals surface area contributed by atoms with E-state index in [9.17, 15) is 18.5 Å². The lowest BCUT2D eigenvalue weighted by molar-refractivity contribution is -0.112. The molecule has 2 aromatic carbocycles. The number of thioether (sulfide) groups is 1. The molecule has 0 saturated heterocycles. The van der Waals surface area contributed by atoms with Crippen LogP contribution in [0.3, 0.4) is 0 Å². The number of sulfone groups is 1. The second kappa shape index (κ2) is 12.3. The topological polar surface area (TPSA) is 131 Å². The van der Waals surface area contributed by atoms with Crippen molar-refractivity contribution in [3.63, 3.8) is 0 Å². The van der Waals surface area contributed by atoms with Gasteiger partial charge in [0.15, 0.2) is 11.5 Å². The number of hydrogen-bond donors (Lipinski definition) is 1. The maximum atomic E-state index is 12.5. The lowest BCUT2D eigenvalue weighted by atomic mass is 10.1. The van der Waals surface area contributed by atoms with Crippen LogP contribution in [0.25, 0.3) is 6.08 Å². The summed E-state index contributed by atoms with van der Waals surface area (Å²) < 4.78 is 38.3. The average molecular weight is 531 g/mol. The highest BCUT2D eigenvalue weighted by molar-refractivity contribution is 7.99. The molecule has 12 heteroatoms. The zero-order valence-corrected chi connectivity index (χ0v) is 21.4. The van der Waals surface area contributed by atoms with Crippen LogP contribution in [-0.2, 0) is 14.6 Å². The van der Waals surface area contributed by atoms with E-state index < -0.39 is 15.7 Å². The third-order valence-electron chi connectivity index (χ3n) is 4.26. The number of amides is 1. The third-order valence-corrected chi connectivity index (χ3v) is 6.82. The van der Waals surface area contributed by atoms with E-state index in [1.807, 2.05) is 43.3 Å². The molecule has 0 aliphatic carbocycles. The Morgan fingerprint density at radius 2 is 1.97 bits per heavy atom. The van der Waals surface area contributed by atoms with Crippen molar-refractivity contribution in [3.8, 4) is 17.6 Å². The summed E-state index contributed by atoms with van der Waals surface area (Å²) in [5.41, 5.74) is 0.358. The first-order valence-corrected chi connectivity index (χ1v) is 14.0. The lowest BCUT2D eigenvalue weighted by Crippen LogP contribution is -2.13. The normalized spacial score (nSPS) is 11.5. The van der Waals surface area contributed by atoms with Crippen molar-refractivity contribution in [2.45, 2.75) is 17.0 Å². The summed E-state index contributed by atoms with van der Waals surface area (Å²) in [4.78, 5) is 17.4. The fourth-order valence-electron chi connectivity index (χ4n) is 2.72. The molecular formula is C23H22N4O5S3. The Labute approximate surface area is 211 Å². The quantitative estimate of drug-likeness (QED) is 0.169. The summed E-state index contributed by atoms with van der Waals surface area (Å²) in [6.45, 7) is 2.73. The summed E-state index contributed by atoms with van der Waals surface area (Å²) >= 11 is 2.39. The molecule has 0 spiro atoms. The highest BCUT2D eigenvalue weighted by atomic mass is 32.2. The molecule has 1 aromatic heterocycles. The molecule has 0 aliphatic heterocycles. The summed E-state index contributed by atoms with van der Waals surface area (Å²) in [5.74, 6) is 1.07. The van der Waals surface area contributed by atoms with Gasteiger partial charge in [-0.25, -0.2) is 8.42 Å². The van der Waals surface area contributed by atoms with Crippen molar-refractivity contribution in [2.24, 2.45) is 0 Å². The van der Waals surface area contributed by atoms with E-state index in [0.29, 0.717) is 41.8 Å². The van der Waals surface area contributed by atoms with Crippen LogP contribution in [0.1, 0.15) is 12.5 Å². The van der Waals surface area contributed by atoms with E-state index in [1.54, 1.807) is 30.0 Å². The van der Waals surface area contributed by atoms with E-state index in [4.69, 9.17) is 9.47 Å². The number of aromatic nitrogens is 2. The van der Waals surface area contributed by atoms with Gasteiger partial charge in [0, 0.05) is 28.4 Å². The largest absolute Gasteiger partial charge is 0.490 e. The summed E-state index contributed by atoms with van der Waals surface area (Å²) in [5, 5.41) is 11.5. The van der Waals surface area contributed by atoms with Gasteiger partial charge >= 0.3 is 0 Å². The van der Waals surface area contributed by atoms with Gasteiger partial charge in [0.05, 0.1) is 13.2 Å². The van der Waals surface area contributed by atoms with Crippen molar-refractivity contribution in [1.29, 1.82) is 5.26 Å². The highest BCUT2D eigenvalue weighted by Gasteiger charge is 2.18. The zero-order chi connectivity index (χ0) is 25.3. The maximum absolute atomic E-state index is 12.5. The predicted octanol–water partition coefficient (Wildman–Crippen LogP) is 4.06. The lowest BCUT2D eigenvalue weighted by Gasteiger charge is -2.13. The summed E-state index contributed by atoms with van der Waals surface area (Å²) in [6.07, 6.45) is 2.36. The number of nitrogens with zero attached hydrogens (tertiary/aromatic N) is 3. The molecule has 0 atom stereocenters. The highest BCUT2D eigenvalue weighted by Crippen LogP contribution is 2.30. The van der Waals surface area contributed by atoms with Crippen LogP contribution < -0.4 is 14.8 Å². The summed E-state index contributed by atoms with van der Waals surface area (Å²) in [6, 6.07) is 17.0. The molecule has 1 heterocycles. The van der Waals surface area contributed by atoms with Crippen LogP contribution in [0.2, 0.25) is 0 Å². The molecule has 0 bridgehead atoms. The van der Waals surface area contributed by atoms with Crippen molar-refractivity contribution in [1.82, 2.24) is 9.36 Å². The zero-order valence-electron chi connectivity index (χ0n) is 18.9. The van der Waals surface area contributed by atoms with Gasteiger partial charge in [-0.3, -0.25) is 10.1 Å². The number of hydrogen-bond acceptors (Lipinski definition) is 10. The maximum Gasteiger partial charge on any atom is 0.268 e. The van der Waals surface area contributed by atoms with E-state index in [0.717, 1.165) is 16.9 Å². The second-order valence-electron chi connectivity index (χ2n) is 6.93. The van der Waals surface area contributed by atoms with Gasteiger partial charge in [-0.15, -0.1) is 11.8 Å². The molecule has 3 rings (SSSR count). The number of anilines is 1. The van der Waals surface area contributed by atoms with E-state index >= 15 is 0 Å². The molecule has 35 heavy (non-hydrogen) atoms. The van der Waals surface area contributed by atoms with Crippen molar-refractivity contribution < 1.29 is 22.7 Å². The first kappa shape index (κ1) is 26.2. The standard InChI is InChI=1S/C23H22N4O5S3/c1-3-31-20-14-16(9-10-19(20)32-11-12-33-18-7-5-4-6-8-18)13-17(15-24)21(28)25-22-26-23(27-34-22)35(2,29)30/h4-10,13-14H,3,11-12H2,1-2H3,(H,25,26,27,28)/b17-13-. The van der Waals surface area contributed by atoms with E-state index in [-0.39, 0.29) is 15.9 Å². The van der Waals surface area contributed by atoms with Gasteiger partial charge in [0.1, 0.15) is 11.6 Å². The van der Waals surface area contributed by atoms with Gasteiger partial charge in [-0.05, 0) is 42.8 Å². The molecule has 0 radical (unpaired) electrons. The van der Waals surface area contributed by atoms with Gasteiger partial charge in [0.25, 0.3) is 11.1 Å². The van der Waals surface area contributed by atoms with Crippen LogP contribution in [0.15, 0.2) is 64.2 Å². The molecule has 1 N–H and O–H groups in total. The molecule has 0 fully saturated rings. The van der Waals surface area contributed by atoms with Crippen molar-refractivity contribution in [2.75, 3.05) is 30.5 Å². The Morgan fingerprint density at radius 3 is 2.63 bits per heavy atom. The van der Waals surface area contributed by atoms with Crippen LogP contribution in [0.5, 0.6) is 11.5 Å². The van der Waals surface area contributed by atoms with Crippen LogP contribution >= 0.6 is 23.3 Å².